The lowest BCUT2D eigenvalue weighted by Crippen LogP contribution is -2.35. The summed E-state index contributed by atoms with van der Waals surface area (Å²) in [6.07, 6.45) is 0. The maximum atomic E-state index is 12.4. The zero-order chi connectivity index (χ0) is 18.8. The number of amides is 1. The van der Waals surface area contributed by atoms with Crippen LogP contribution in [0.5, 0.6) is 0 Å². The number of carbonyl (C=O) groups is 1. The Hall–Kier alpha value is -3.55. The third-order valence-corrected chi connectivity index (χ3v) is 4.43. The molecule has 0 aliphatic heterocycles. The number of imidazole rings is 1. The molecule has 0 aliphatic rings. The van der Waals surface area contributed by atoms with Crippen molar-refractivity contribution < 1.29 is 4.79 Å². The van der Waals surface area contributed by atoms with E-state index in [4.69, 9.17) is 0 Å². The average molecular weight is 362 g/mol. The summed E-state index contributed by atoms with van der Waals surface area (Å²) in [5.74, 6) is 0.603. The standard InChI is InChI=1S/C19H18N6O2/c1-13-21-16-8-4-5-9-17(16)24(13)11-10-20-18(26)12-25-19(27)14-6-2-3-7-15(14)22-23-25/h2-9H,10-12H2,1H3,(H,20,26). The summed E-state index contributed by atoms with van der Waals surface area (Å²) < 4.78 is 3.13. The summed E-state index contributed by atoms with van der Waals surface area (Å²) in [6.45, 7) is 2.79. The predicted octanol–water partition coefficient (Wildman–Crippen LogP) is 1.27. The smallest absolute Gasteiger partial charge is 0.278 e. The minimum absolute atomic E-state index is 0.166. The number of hydrogen-bond donors (Lipinski definition) is 1. The molecule has 136 valence electrons. The van der Waals surface area contributed by atoms with Gasteiger partial charge in [0.2, 0.25) is 5.91 Å². The number of carbonyl (C=O) groups excluding carboxylic acids is 1. The third-order valence-electron chi connectivity index (χ3n) is 4.43. The fourth-order valence-corrected chi connectivity index (χ4v) is 3.10. The zero-order valence-electron chi connectivity index (χ0n) is 14.8. The van der Waals surface area contributed by atoms with Gasteiger partial charge in [0.15, 0.2) is 0 Å². The first kappa shape index (κ1) is 16.9. The third kappa shape index (κ3) is 3.29. The number of nitrogens with zero attached hydrogens (tertiary/aromatic N) is 5. The molecule has 0 radical (unpaired) electrons. The van der Waals surface area contributed by atoms with Gasteiger partial charge in [0.25, 0.3) is 5.56 Å². The lowest BCUT2D eigenvalue weighted by Gasteiger charge is -2.09. The first-order chi connectivity index (χ1) is 13.1. The Labute approximate surface area is 154 Å². The summed E-state index contributed by atoms with van der Waals surface area (Å²) in [4.78, 5) is 29.1. The first-order valence-corrected chi connectivity index (χ1v) is 8.64. The van der Waals surface area contributed by atoms with Gasteiger partial charge in [-0.3, -0.25) is 9.59 Å². The van der Waals surface area contributed by atoms with Gasteiger partial charge in [-0.1, -0.05) is 29.5 Å². The molecule has 0 atom stereocenters. The van der Waals surface area contributed by atoms with Crippen molar-refractivity contribution in [3.05, 3.63) is 64.7 Å². The molecule has 2 aromatic heterocycles. The van der Waals surface area contributed by atoms with Crippen LogP contribution in [0.15, 0.2) is 53.3 Å². The normalized spacial score (nSPS) is 11.1. The van der Waals surface area contributed by atoms with Gasteiger partial charge < -0.3 is 9.88 Å². The van der Waals surface area contributed by atoms with Crippen molar-refractivity contribution in [3.63, 3.8) is 0 Å². The first-order valence-electron chi connectivity index (χ1n) is 8.64. The maximum Gasteiger partial charge on any atom is 0.278 e. The number of aryl methyl sites for hydroxylation is 1. The molecule has 0 aliphatic carbocycles. The molecule has 1 N–H and O–H groups in total. The minimum atomic E-state index is -0.327. The Balaban J connectivity index is 1.42. The van der Waals surface area contributed by atoms with E-state index < -0.39 is 0 Å². The van der Waals surface area contributed by atoms with Crippen molar-refractivity contribution in [3.8, 4) is 0 Å². The van der Waals surface area contributed by atoms with Crippen LogP contribution < -0.4 is 10.9 Å². The fraction of sp³-hybridized carbons (Fsp3) is 0.211. The highest BCUT2D eigenvalue weighted by Gasteiger charge is 2.10. The summed E-state index contributed by atoms with van der Waals surface area (Å²) in [5.41, 5.74) is 2.15. The van der Waals surface area contributed by atoms with Crippen LogP contribution in [-0.2, 0) is 17.9 Å². The van der Waals surface area contributed by atoms with E-state index in [0.717, 1.165) is 21.5 Å². The van der Waals surface area contributed by atoms with E-state index in [1.807, 2.05) is 31.2 Å². The number of rotatable bonds is 5. The second-order valence-corrected chi connectivity index (χ2v) is 6.22. The maximum absolute atomic E-state index is 12.4. The minimum Gasteiger partial charge on any atom is -0.353 e. The van der Waals surface area contributed by atoms with Crippen LogP contribution in [0.3, 0.4) is 0 Å². The van der Waals surface area contributed by atoms with Crippen molar-refractivity contribution >= 4 is 27.8 Å². The van der Waals surface area contributed by atoms with Gasteiger partial charge in [0, 0.05) is 13.1 Å². The molecule has 8 heteroatoms. The molecule has 2 aromatic carbocycles. The van der Waals surface area contributed by atoms with Crippen molar-refractivity contribution in [2.24, 2.45) is 0 Å². The molecule has 0 unspecified atom stereocenters. The number of fused-ring (bicyclic) bond motifs is 2. The Morgan fingerprint density at radius 1 is 1.07 bits per heavy atom. The highest BCUT2D eigenvalue weighted by atomic mass is 16.2. The Morgan fingerprint density at radius 3 is 2.67 bits per heavy atom. The monoisotopic (exact) mass is 362 g/mol. The van der Waals surface area contributed by atoms with Crippen LogP contribution in [0.2, 0.25) is 0 Å². The van der Waals surface area contributed by atoms with Crippen LogP contribution in [0.1, 0.15) is 5.82 Å². The largest absolute Gasteiger partial charge is 0.353 e. The van der Waals surface area contributed by atoms with Gasteiger partial charge >= 0.3 is 0 Å². The van der Waals surface area contributed by atoms with E-state index >= 15 is 0 Å². The highest BCUT2D eigenvalue weighted by molar-refractivity contribution is 5.78. The van der Waals surface area contributed by atoms with E-state index in [1.54, 1.807) is 24.3 Å². The van der Waals surface area contributed by atoms with Crippen molar-refractivity contribution in [2.45, 2.75) is 20.0 Å². The summed E-state index contributed by atoms with van der Waals surface area (Å²) in [6, 6.07) is 14.8. The quantitative estimate of drug-likeness (QED) is 0.577. The number of nitrogens with one attached hydrogen (secondary N) is 1. The van der Waals surface area contributed by atoms with Gasteiger partial charge in [0.05, 0.1) is 16.4 Å². The summed E-state index contributed by atoms with van der Waals surface area (Å²) in [5, 5.41) is 11.1. The van der Waals surface area contributed by atoms with Gasteiger partial charge in [-0.15, -0.1) is 5.10 Å². The Kier molecular flexibility index (Phi) is 4.37. The molecular formula is C19H18N6O2. The number of benzene rings is 2. The molecule has 0 bridgehead atoms. The van der Waals surface area contributed by atoms with E-state index in [9.17, 15) is 9.59 Å². The van der Waals surface area contributed by atoms with Crippen LogP contribution in [-0.4, -0.2) is 37.0 Å². The molecule has 2 heterocycles. The van der Waals surface area contributed by atoms with Gasteiger partial charge in [-0.05, 0) is 31.2 Å². The van der Waals surface area contributed by atoms with Crippen LogP contribution in [0, 0.1) is 6.92 Å². The van der Waals surface area contributed by atoms with E-state index in [0.29, 0.717) is 24.0 Å². The Morgan fingerprint density at radius 2 is 1.81 bits per heavy atom. The van der Waals surface area contributed by atoms with E-state index in [-0.39, 0.29) is 18.0 Å². The molecule has 0 spiro atoms. The summed E-state index contributed by atoms with van der Waals surface area (Å²) in [7, 11) is 0. The molecule has 27 heavy (non-hydrogen) atoms. The van der Waals surface area contributed by atoms with E-state index in [1.165, 1.54) is 0 Å². The number of aromatic nitrogens is 5. The van der Waals surface area contributed by atoms with Crippen LogP contribution in [0.25, 0.3) is 21.9 Å². The average Bonchev–Trinajstić information content (AvgIpc) is 3.00. The zero-order valence-corrected chi connectivity index (χ0v) is 14.8. The fourth-order valence-electron chi connectivity index (χ4n) is 3.10. The lowest BCUT2D eigenvalue weighted by atomic mass is 10.2. The van der Waals surface area contributed by atoms with Gasteiger partial charge in [-0.2, -0.15) is 0 Å². The van der Waals surface area contributed by atoms with Gasteiger partial charge in [0.1, 0.15) is 17.9 Å². The van der Waals surface area contributed by atoms with E-state index in [2.05, 4.69) is 25.2 Å². The Bertz CT molecular complexity index is 1190. The predicted molar refractivity (Wildman–Crippen MR) is 101 cm³/mol. The second-order valence-electron chi connectivity index (χ2n) is 6.22. The molecule has 0 saturated heterocycles. The molecule has 0 saturated carbocycles. The van der Waals surface area contributed by atoms with Crippen LogP contribution in [0.4, 0.5) is 0 Å². The number of hydrogen-bond acceptors (Lipinski definition) is 5. The number of para-hydroxylation sites is 2. The van der Waals surface area contributed by atoms with Gasteiger partial charge in [-0.25, -0.2) is 9.67 Å². The molecule has 4 rings (SSSR count). The topological polar surface area (TPSA) is 94.7 Å². The molecule has 1 amide bonds. The molecule has 4 aromatic rings. The molecule has 0 fully saturated rings. The molecular weight excluding hydrogens is 344 g/mol. The SMILES string of the molecule is Cc1nc2ccccc2n1CCNC(=O)Cn1nnc2ccccc2c1=O. The van der Waals surface area contributed by atoms with Crippen molar-refractivity contribution in [2.75, 3.05) is 6.54 Å². The highest BCUT2D eigenvalue weighted by Crippen LogP contribution is 2.14. The van der Waals surface area contributed by atoms with Crippen LogP contribution >= 0.6 is 0 Å². The molecule has 8 nitrogen and oxygen atoms in total. The summed E-state index contributed by atoms with van der Waals surface area (Å²) >= 11 is 0. The van der Waals surface area contributed by atoms with Crippen molar-refractivity contribution in [1.29, 1.82) is 0 Å². The van der Waals surface area contributed by atoms with Crippen molar-refractivity contribution in [1.82, 2.24) is 29.9 Å². The second kappa shape index (κ2) is 6.99. The lowest BCUT2D eigenvalue weighted by molar-refractivity contribution is -0.121.